The molecule has 0 unspecified atom stereocenters. The van der Waals surface area contributed by atoms with Gasteiger partial charge in [0, 0.05) is 26.0 Å². The summed E-state index contributed by atoms with van der Waals surface area (Å²) in [5, 5.41) is 2.74. The molecule has 152 valence electrons. The van der Waals surface area contributed by atoms with Gasteiger partial charge in [-0.1, -0.05) is 12.1 Å². The number of pyridine rings is 1. The van der Waals surface area contributed by atoms with E-state index in [2.05, 4.69) is 15.3 Å². The van der Waals surface area contributed by atoms with E-state index in [9.17, 15) is 13.2 Å². The third-order valence-corrected chi connectivity index (χ3v) is 6.43. The van der Waals surface area contributed by atoms with Crippen LogP contribution in [0.1, 0.15) is 10.4 Å². The van der Waals surface area contributed by atoms with Crippen molar-refractivity contribution in [3.8, 4) is 5.82 Å². The third-order valence-electron chi connectivity index (χ3n) is 4.60. The van der Waals surface area contributed by atoms with Gasteiger partial charge in [0.1, 0.15) is 12.1 Å². The third kappa shape index (κ3) is 3.68. The highest BCUT2D eigenvalue weighted by Crippen LogP contribution is 2.19. The minimum Gasteiger partial charge on any atom is -0.322 e. The normalized spacial score (nSPS) is 11.7. The fourth-order valence-electron chi connectivity index (χ4n) is 2.93. The van der Waals surface area contributed by atoms with Gasteiger partial charge in [-0.2, -0.15) is 0 Å². The van der Waals surface area contributed by atoms with E-state index in [1.165, 1.54) is 32.4 Å². The second kappa shape index (κ2) is 7.69. The maximum atomic E-state index is 12.5. The summed E-state index contributed by atoms with van der Waals surface area (Å²) in [7, 11) is -0.580. The second-order valence-corrected chi connectivity index (χ2v) is 8.93. The number of benzene rings is 2. The maximum Gasteiger partial charge on any atom is 0.257 e. The Morgan fingerprint density at radius 2 is 1.70 bits per heavy atom. The molecule has 2 aromatic carbocycles. The van der Waals surface area contributed by atoms with Gasteiger partial charge in [0.25, 0.3) is 5.91 Å². The van der Waals surface area contributed by atoms with E-state index < -0.39 is 10.0 Å². The molecule has 4 rings (SSSR count). The summed E-state index contributed by atoms with van der Waals surface area (Å²) in [5.74, 6) is 0.311. The van der Waals surface area contributed by atoms with Crippen molar-refractivity contribution < 1.29 is 13.2 Å². The molecule has 0 radical (unpaired) electrons. The smallest absolute Gasteiger partial charge is 0.257 e. The van der Waals surface area contributed by atoms with Gasteiger partial charge in [-0.3, -0.25) is 9.36 Å². The summed E-state index contributed by atoms with van der Waals surface area (Å²) in [4.78, 5) is 21.4. The van der Waals surface area contributed by atoms with Crippen LogP contribution in [0.5, 0.6) is 0 Å². The molecule has 0 bridgehead atoms. The van der Waals surface area contributed by atoms with Crippen LogP contribution in [-0.2, 0) is 10.0 Å². The SMILES string of the molecule is CN(C)S(=O)(=O)c1ccc(NC(=O)c2ccc(-n3cnc4ccccc43)nc2)cc1. The second-order valence-electron chi connectivity index (χ2n) is 6.77. The standard InChI is InChI=1S/C21H19N5O3S/c1-25(2)30(28,29)17-10-8-16(9-11-17)24-21(27)15-7-12-20(22-13-15)26-14-23-18-5-3-4-6-19(18)26/h3-14H,1-2H3,(H,24,27). The first kappa shape index (κ1) is 19.7. The molecule has 0 aliphatic rings. The van der Waals surface area contributed by atoms with Gasteiger partial charge in [-0.05, 0) is 48.5 Å². The van der Waals surface area contributed by atoms with E-state index in [-0.39, 0.29) is 10.8 Å². The van der Waals surface area contributed by atoms with Crippen LogP contribution in [0.2, 0.25) is 0 Å². The number of anilines is 1. The highest BCUT2D eigenvalue weighted by Gasteiger charge is 2.17. The average molecular weight is 421 g/mol. The molecule has 0 atom stereocenters. The predicted molar refractivity (Wildman–Crippen MR) is 114 cm³/mol. The van der Waals surface area contributed by atoms with E-state index in [1.54, 1.807) is 30.6 Å². The Balaban J connectivity index is 1.50. The molecule has 0 aliphatic heterocycles. The van der Waals surface area contributed by atoms with Crippen LogP contribution in [0, 0.1) is 0 Å². The predicted octanol–water partition coefficient (Wildman–Crippen LogP) is 2.92. The molecule has 2 heterocycles. The first-order valence-electron chi connectivity index (χ1n) is 9.09. The number of carbonyl (C=O) groups is 1. The fraction of sp³-hybridized carbons (Fsp3) is 0.0952. The number of hydrogen-bond donors (Lipinski definition) is 1. The lowest BCUT2D eigenvalue weighted by Gasteiger charge is -2.12. The van der Waals surface area contributed by atoms with E-state index >= 15 is 0 Å². The van der Waals surface area contributed by atoms with Gasteiger partial charge in [-0.25, -0.2) is 22.7 Å². The number of carbonyl (C=O) groups excluding carboxylic acids is 1. The number of hydrogen-bond acceptors (Lipinski definition) is 5. The summed E-state index contributed by atoms with van der Waals surface area (Å²) >= 11 is 0. The van der Waals surface area contributed by atoms with Gasteiger partial charge < -0.3 is 5.32 Å². The van der Waals surface area contributed by atoms with Crippen molar-refractivity contribution >= 4 is 32.7 Å². The Labute approximate surface area is 173 Å². The first-order chi connectivity index (χ1) is 14.4. The van der Waals surface area contributed by atoms with Crippen molar-refractivity contribution in [3.05, 3.63) is 78.8 Å². The zero-order valence-electron chi connectivity index (χ0n) is 16.4. The highest BCUT2D eigenvalue weighted by atomic mass is 32.2. The highest BCUT2D eigenvalue weighted by molar-refractivity contribution is 7.89. The fourth-order valence-corrected chi connectivity index (χ4v) is 3.83. The van der Waals surface area contributed by atoms with Gasteiger partial charge in [0.2, 0.25) is 10.0 Å². The van der Waals surface area contributed by atoms with Crippen LogP contribution < -0.4 is 5.32 Å². The summed E-state index contributed by atoms with van der Waals surface area (Å²) in [6.07, 6.45) is 3.18. The van der Waals surface area contributed by atoms with Crippen molar-refractivity contribution in [2.45, 2.75) is 4.90 Å². The van der Waals surface area contributed by atoms with Crippen LogP contribution in [0.15, 0.2) is 78.1 Å². The Bertz CT molecular complexity index is 1310. The van der Waals surface area contributed by atoms with Gasteiger partial charge in [-0.15, -0.1) is 0 Å². The molecule has 1 amide bonds. The van der Waals surface area contributed by atoms with Gasteiger partial charge >= 0.3 is 0 Å². The lowest BCUT2D eigenvalue weighted by atomic mass is 10.2. The summed E-state index contributed by atoms with van der Waals surface area (Å²) in [6.45, 7) is 0. The zero-order chi connectivity index (χ0) is 21.3. The van der Waals surface area contributed by atoms with Crippen molar-refractivity contribution in [2.24, 2.45) is 0 Å². The Kier molecular flexibility index (Phi) is 5.06. The van der Waals surface area contributed by atoms with E-state index in [0.717, 1.165) is 15.3 Å². The van der Waals surface area contributed by atoms with Gasteiger partial charge in [0.05, 0.1) is 21.5 Å². The average Bonchev–Trinajstić information content (AvgIpc) is 3.18. The largest absolute Gasteiger partial charge is 0.322 e. The Morgan fingerprint density at radius 1 is 0.967 bits per heavy atom. The molecule has 0 saturated carbocycles. The van der Waals surface area contributed by atoms with E-state index in [1.807, 2.05) is 28.8 Å². The molecule has 8 nitrogen and oxygen atoms in total. The monoisotopic (exact) mass is 421 g/mol. The van der Waals surface area contributed by atoms with E-state index in [4.69, 9.17) is 0 Å². The van der Waals surface area contributed by atoms with Crippen molar-refractivity contribution in [2.75, 3.05) is 19.4 Å². The molecule has 9 heteroatoms. The summed E-state index contributed by atoms with van der Waals surface area (Å²) in [5.41, 5.74) is 2.66. The number of imidazole rings is 1. The molecule has 30 heavy (non-hydrogen) atoms. The number of nitrogens with zero attached hydrogens (tertiary/aromatic N) is 4. The van der Waals surface area contributed by atoms with Crippen LogP contribution in [-0.4, -0.2) is 47.3 Å². The molecule has 0 saturated heterocycles. The number of sulfonamides is 1. The van der Waals surface area contributed by atoms with Crippen molar-refractivity contribution in [1.82, 2.24) is 18.8 Å². The molecule has 0 spiro atoms. The molecule has 2 aromatic heterocycles. The lowest BCUT2D eigenvalue weighted by Crippen LogP contribution is -2.22. The van der Waals surface area contributed by atoms with Crippen LogP contribution in [0.3, 0.4) is 0 Å². The maximum absolute atomic E-state index is 12.5. The van der Waals surface area contributed by atoms with Gasteiger partial charge in [0.15, 0.2) is 0 Å². The number of nitrogens with one attached hydrogen (secondary N) is 1. The van der Waals surface area contributed by atoms with E-state index in [0.29, 0.717) is 17.1 Å². The molecular formula is C21H19N5O3S. The minimum absolute atomic E-state index is 0.157. The molecule has 1 N–H and O–H groups in total. The molecular weight excluding hydrogens is 402 g/mol. The summed E-state index contributed by atoms with van der Waals surface area (Å²) < 4.78 is 27.2. The van der Waals surface area contributed by atoms with Crippen molar-refractivity contribution in [1.29, 1.82) is 0 Å². The quantitative estimate of drug-likeness (QED) is 0.534. The number of rotatable bonds is 5. The van der Waals surface area contributed by atoms with Crippen molar-refractivity contribution in [3.63, 3.8) is 0 Å². The molecule has 4 aromatic rings. The number of aromatic nitrogens is 3. The Hall–Kier alpha value is -3.56. The molecule has 0 fully saturated rings. The zero-order valence-corrected chi connectivity index (χ0v) is 17.2. The van der Waals surface area contributed by atoms with Crippen LogP contribution in [0.25, 0.3) is 16.9 Å². The number of fused-ring (bicyclic) bond motifs is 1. The minimum atomic E-state index is -3.51. The van der Waals surface area contributed by atoms with Crippen LogP contribution >= 0.6 is 0 Å². The summed E-state index contributed by atoms with van der Waals surface area (Å²) in [6, 6.07) is 17.1. The van der Waals surface area contributed by atoms with Crippen LogP contribution in [0.4, 0.5) is 5.69 Å². The lowest BCUT2D eigenvalue weighted by molar-refractivity contribution is 0.102. The number of amides is 1. The molecule has 0 aliphatic carbocycles. The first-order valence-corrected chi connectivity index (χ1v) is 10.5. The Morgan fingerprint density at radius 3 is 2.37 bits per heavy atom. The topological polar surface area (TPSA) is 97.2 Å². The number of para-hydroxylation sites is 2.